The van der Waals surface area contributed by atoms with Gasteiger partial charge < -0.3 is 9.84 Å². The molecule has 104 valence electrons. The molecule has 0 fully saturated rings. The summed E-state index contributed by atoms with van der Waals surface area (Å²) in [6.07, 6.45) is 0. The fraction of sp³-hybridized carbons (Fsp3) is 0.0556. The molecule has 3 rings (SSSR count). The van der Waals surface area contributed by atoms with Crippen molar-refractivity contribution in [3.63, 3.8) is 0 Å². The van der Waals surface area contributed by atoms with E-state index < -0.39 is 0 Å². The molecule has 0 amide bonds. The van der Waals surface area contributed by atoms with E-state index in [-0.39, 0.29) is 5.75 Å². The number of pyridine rings is 1. The Hall–Kier alpha value is -2.81. The van der Waals surface area contributed by atoms with Crippen molar-refractivity contribution in [2.45, 2.75) is 0 Å². The van der Waals surface area contributed by atoms with Gasteiger partial charge in [0, 0.05) is 11.1 Å². The van der Waals surface area contributed by atoms with Gasteiger partial charge in [0.25, 0.3) is 0 Å². The fourth-order valence-corrected chi connectivity index (χ4v) is 2.27. The summed E-state index contributed by atoms with van der Waals surface area (Å²) in [6, 6.07) is 20.8. The third-order valence-electron chi connectivity index (χ3n) is 3.30. The summed E-state index contributed by atoms with van der Waals surface area (Å²) in [7, 11) is 1.64. The highest BCUT2D eigenvalue weighted by molar-refractivity contribution is 5.73. The first kappa shape index (κ1) is 13.2. The molecule has 1 aromatic heterocycles. The van der Waals surface area contributed by atoms with Crippen LogP contribution in [0.2, 0.25) is 0 Å². The summed E-state index contributed by atoms with van der Waals surface area (Å²) < 4.78 is 5.37. The van der Waals surface area contributed by atoms with Crippen molar-refractivity contribution < 1.29 is 9.84 Å². The minimum atomic E-state index is 0.167. The molecule has 0 atom stereocenters. The van der Waals surface area contributed by atoms with Gasteiger partial charge in [-0.25, -0.2) is 4.98 Å². The molecule has 0 saturated heterocycles. The van der Waals surface area contributed by atoms with E-state index in [1.54, 1.807) is 19.2 Å². The van der Waals surface area contributed by atoms with E-state index >= 15 is 0 Å². The van der Waals surface area contributed by atoms with Gasteiger partial charge in [0.05, 0.1) is 12.8 Å². The number of aromatic hydroxyl groups is 1. The van der Waals surface area contributed by atoms with Crippen LogP contribution in [0.1, 0.15) is 0 Å². The van der Waals surface area contributed by atoms with Gasteiger partial charge in [-0.15, -0.1) is 0 Å². The van der Waals surface area contributed by atoms with Gasteiger partial charge in [0.1, 0.15) is 17.2 Å². The number of hydrogen-bond acceptors (Lipinski definition) is 3. The molecular weight excluding hydrogens is 262 g/mol. The Bertz CT molecular complexity index is 754. The van der Waals surface area contributed by atoms with Gasteiger partial charge in [0.15, 0.2) is 0 Å². The highest BCUT2D eigenvalue weighted by Gasteiger charge is 2.11. The van der Waals surface area contributed by atoms with Gasteiger partial charge in [0.2, 0.25) is 0 Å². The van der Waals surface area contributed by atoms with Gasteiger partial charge in [-0.3, -0.25) is 0 Å². The van der Waals surface area contributed by atoms with Crippen molar-refractivity contribution in [3.05, 3.63) is 66.7 Å². The SMILES string of the molecule is COc1ccccc1-c1ccc(O)c(-c2ccccc2)n1. The molecule has 3 aromatic rings. The second-order valence-corrected chi connectivity index (χ2v) is 4.63. The zero-order valence-corrected chi connectivity index (χ0v) is 11.7. The number of ether oxygens (including phenoxy) is 1. The molecule has 0 radical (unpaired) electrons. The van der Waals surface area contributed by atoms with E-state index in [2.05, 4.69) is 4.98 Å². The predicted molar refractivity (Wildman–Crippen MR) is 83.3 cm³/mol. The van der Waals surface area contributed by atoms with Crippen LogP contribution in [0.3, 0.4) is 0 Å². The van der Waals surface area contributed by atoms with Crippen LogP contribution in [0, 0.1) is 0 Å². The third-order valence-corrected chi connectivity index (χ3v) is 3.30. The van der Waals surface area contributed by atoms with Crippen LogP contribution in [0.4, 0.5) is 0 Å². The van der Waals surface area contributed by atoms with Crippen LogP contribution < -0.4 is 4.74 Å². The fourth-order valence-electron chi connectivity index (χ4n) is 2.27. The number of methoxy groups -OCH3 is 1. The van der Waals surface area contributed by atoms with E-state index in [4.69, 9.17) is 4.74 Å². The molecular formula is C18H15NO2. The van der Waals surface area contributed by atoms with Crippen LogP contribution in [0.15, 0.2) is 66.7 Å². The smallest absolute Gasteiger partial charge is 0.141 e. The largest absolute Gasteiger partial charge is 0.506 e. The lowest BCUT2D eigenvalue weighted by Crippen LogP contribution is -1.92. The Kier molecular flexibility index (Phi) is 3.56. The van der Waals surface area contributed by atoms with Gasteiger partial charge in [-0.2, -0.15) is 0 Å². The molecule has 1 N–H and O–H groups in total. The second-order valence-electron chi connectivity index (χ2n) is 4.63. The van der Waals surface area contributed by atoms with Crippen LogP contribution >= 0.6 is 0 Å². The quantitative estimate of drug-likeness (QED) is 0.782. The summed E-state index contributed by atoms with van der Waals surface area (Å²) >= 11 is 0. The van der Waals surface area contributed by atoms with Gasteiger partial charge in [-0.1, -0.05) is 42.5 Å². The molecule has 0 bridgehead atoms. The average Bonchev–Trinajstić information content (AvgIpc) is 2.56. The molecule has 0 aliphatic heterocycles. The maximum Gasteiger partial charge on any atom is 0.141 e. The molecule has 0 spiro atoms. The zero-order valence-electron chi connectivity index (χ0n) is 11.7. The Labute approximate surface area is 123 Å². The summed E-state index contributed by atoms with van der Waals surface area (Å²) in [4.78, 5) is 4.59. The Morgan fingerprint density at radius 3 is 2.33 bits per heavy atom. The van der Waals surface area contributed by atoms with Crippen molar-refractivity contribution in [2.24, 2.45) is 0 Å². The third kappa shape index (κ3) is 2.58. The van der Waals surface area contributed by atoms with Gasteiger partial charge in [-0.05, 0) is 24.3 Å². The minimum absolute atomic E-state index is 0.167. The first-order valence-electron chi connectivity index (χ1n) is 6.68. The molecule has 1 heterocycles. The minimum Gasteiger partial charge on any atom is -0.506 e. The van der Waals surface area contributed by atoms with E-state index in [1.807, 2.05) is 54.6 Å². The van der Waals surface area contributed by atoms with Crippen LogP contribution in [0.25, 0.3) is 22.5 Å². The molecule has 0 aliphatic rings. The monoisotopic (exact) mass is 277 g/mol. The van der Waals surface area contributed by atoms with Crippen molar-refractivity contribution >= 4 is 0 Å². The molecule has 0 unspecified atom stereocenters. The number of aromatic nitrogens is 1. The maximum absolute atomic E-state index is 10.1. The van der Waals surface area contributed by atoms with E-state index in [0.29, 0.717) is 5.69 Å². The van der Waals surface area contributed by atoms with E-state index in [1.165, 1.54) is 0 Å². The van der Waals surface area contributed by atoms with Crippen LogP contribution in [-0.4, -0.2) is 17.2 Å². The van der Waals surface area contributed by atoms with Gasteiger partial charge >= 0.3 is 0 Å². The second kappa shape index (κ2) is 5.67. The summed E-state index contributed by atoms with van der Waals surface area (Å²) in [5, 5.41) is 10.1. The normalized spacial score (nSPS) is 10.3. The lowest BCUT2D eigenvalue weighted by Gasteiger charge is -2.10. The zero-order chi connectivity index (χ0) is 14.7. The maximum atomic E-state index is 10.1. The van der Waals surface area contributed by atoms with Crippen molar-refractivity contribution in [3.8, 4) is 34.0 Å². The standard InChI is InChI=1S/C18H15NO2/c1-21-17-10-6-5-9-14(17)15-11-12-16(20)18(19-15)13-7-3-2-4-8-13/h2-12,20H,1H3. The summed E-state index contributed by atoms with van der Waals surface area (Å²) in [6.45, 7) is 0. The Balaban J connectivity index is 2.14. The molecule has 3 nitrogen and oxygen atoms in total. The number of benzene rings is 2. The van der Waals surface area contributed by atoms with E-state index in [9.17, 15) is 5.11 Å². The molecule has 21 heavy (non-hydrogen) atoms. The molecule has 0 saturated carbocycles. The lowest BCUT2D eigenvalue weighted by molar-refractivity contribution is 0.416. The van der Waals surface area contributed by atoms with Crippen molar-refractivity contribution in [1.82, 2.24) is 4.98 Å². The number of hydrogen-bond donors (Lipinski definition) is 1. The predicted octanol–water partition coefficient (Wildman–Crippen LogP) is 4.13. The highest BCUT2D eigenvalue weighted by Crippen LogP contribution is 2.33. The number of nitrogens with zero attached hydrogens (tertiary/aromatic N) is 1. The summed E-state index contributed by atoms with van der Waals surface area (Å²) in [5.41, 5.74) is 3.12. The highest BCUT2D eigenvalue weighted by atomic mass is 16.5. The topological polar surface area (TPSA) is 42.4 Å². The molecule has 3 heteroatoms. The molecule has 2 aromatic carbocycles. The van der Waals surface area contributed by atoms with Crippen LogP contribution in [0.5, 0.6) is 11.5 Å². The lowest BCUT2D eigenvalue weighted by atomic mass is 10.1. The van der Waals surface area contributed by atoms with Crippen molar-refractivity contribution in [2.75, 3.05) is 7.11 Å². The summed E-state index contributed by atoms with van der Waals surface area (Å²) in [5.74, 6) is 0.926. The molecule has 0 aliphatic carbocycles. The average molecular weight is 277 g/mol. The van der Waals surface area contributed by atoms with E-state index in [0.717, 1.165) is 22.6 Å². The first-order chi connectivity index (χ1) is 10.3. The first-order valence-corrected chi connectivity index (χ1v) is 6.68. The number of para-hydroxylation sites is 1. The Morgan fingerprint density at radius 1 is 0.857 bits per heavy atom. The Morgan fingerprint density at radius 2 is 1.57 bits per heavy atom. The number of rotatable bonds is 3. The van der Waals surface area contributed by atoms with Crippen LogP contribution in [-0.2, 0) is 0 Å². The van der Waals surface area contributed by atoms with Crippen molar-refractivity contribution in [1.29, 1.82) is 0 Å².